The minimum absolute atomic E-state index is 0.0541. The van der Waals surface area contributed by atoms with Crippen molar-refractivity contribution in [2.75, 3.05) is 25.5 Å². The number of rotatable bonds is 6. The Balaban J connectivity index is 1.98. The number of hydrogen-bond acceptors (Lipinski definition) is 13. The number of fused-ring (bicyclic) bond motifs is 14. The highest BCUT2D eigenvalue weighted by Gasteiger charge is 2.50. The number of carbonyl (C=O) groups is 3. The molecule has 0 saturated heterocycles. The molecule has 0 radical (unpaired) electrons. The Bertz CT molecular complexity index is 1920. The average molecular weight is 783 g/mol. The highest BCUT2D eigenvalue weighted by Crippen LogP contribution is 2.55. The van der Waals surface area contributed by atoms with Crippen molar-refractivity contribution in [3.05, 3.63) is 52.8 Å². The van der Waals surface area contributed by atoms with Crippen molar-refractivity contribution in [1.82, 2.24) is 4.90 Å². The first-order valence-corrected chi connectivity index (χ1v) is 19.0. The van der Waals surface area contributed by atoms with Gasteiger partial charge in [-0.25, -0.2) is 0 Å². The number of aromatic hydroxyl groups is 3. The average Bonchev–Trinajstić information content (AvgIpc) is 3.43. The van der Waals surface area contributed by atoms with Gasteiger partial charge in [0.05, 0.1) is 41.2 Å². The van der Waals surface area contributed by atoms with E-state index in [1.54, 1.807) is 46.8 Å². The van der Waals surface area contributed by atoms with Gasteiger partial charge in [-0.1, -0.05) is 59.8 Å². The number of aliphatic hydroxyl groups excluding tert-OH is 2. The molecule has 0 aliphatic carbocycles. The van der Waals surface area contributed by atoms with Gasteiger partial charge in [-0.05, 0) is 33.0 Å². The lowest BCUT2D eigenvalue weighted by Gasteiger charge is -2.38. The highest BCUT2D eigenvalue weighted by atomic mass is 16.7. The third-order valence-corrected chi connectivity index (χ3v) is 11.4. The monoisotopic (exact) mass is 782 g/mol. The van der Waals surface area contributed by atoms with E-state index in [4.69, 9.17) is 18.9 Å². The van der Waals surface area contributed by atoms with E-state index in [0.29, 0.717) is 13.1 Å². The number of benzene rings is 2. The zero-order valence-electron chi connectivity index (χ0n) is 34.2. The number of methoxy groups -OCH3 is 1. The van der Waals surface area contributed by atoms with Crippen LogP contribution in [0.15, 0.2) is 36.1 Å². The minimum atomic E-state index is -2.01. The maximum absolute atomic E-state index is 14.4. The molecule has 0 spiro atoms. The Morgan fingerprint density at radius 1 is 0.929 bits per heavy atom. The van der Waals surface area contributed by atoms with E-state index in [1.165, 1.54) is 46.3 Å². The van der Waals surface area contributed by atoms with Crippen LogP contribution >= 0.6 is 0 Å². The van der Waals surface area contributed by atoms with E-state index >= 15 is 0 Å². The van der Waals surface area contributed by atoms with Gasteiger partial charge < -0.3 is 49.8 Å². The summed E-state index contributed by atoms with van der Waals surface area (Å²) in [6, 6.07) is 0. The standard InChI is InChI=1S/C42H58N2O12/c1-12-44(13-2)19-27-32-37(50)30-29(36(27)49)31-39(25(8)35(30)48)56-42(10,40(31)51)54-18-17-28(53-11)22(5)38(55-26(9)45)24(7)34(47)23(6)33(46)20(3)15-14-16-21(4)41(52)43-32/h14-18,20,22-24,28,33-34,38,46-50H,12-13,19H2,1-11H3,(H,43,52)/b15-14+,18-17+,21-16+. The van der Waals surface area contributed by atoms with Crippen LogP contribution in [0, 0.1) is 30.6 Å². The van der Waals surface area contributed by atoms with Crippen LogP contribution in [0.1, 0.15) is 83.8 Å². The van der Waals surface area contributed by atoms with Crippen LogP contribution in [0.3, 0.4) is 0 Å². The van der Waals surface area contributed by atoms with Gasteiger partial charge in [0, 0.05) is 73.3 Å². The molecule has 6 N–H and O–H groups in total. The summed E-state index contributed by atoms with van der Waals surface area (Å²) in [6.07, 6.45) is 3.69. The Morgan fingerprint density at radius 3 is 2.16 bits per heavy atom. The summed E-state index contributed by atoms with van der Waals surface area (Å²) in [5.41, 5.74) is 0.117. The molecule has 14 heteroatoms. The number of carbonyl (C=O) groups excluding carboxylic acids is 3. The predicted octanol–water partition coefficient (Wildman–Crippen LogP) is 5.60. The molecule has 3 aliphatic heterocycles. The zero-order chi connectivity index (χ0) is 42.0. The molecule has 0 fully saturated rings. The van der Waals surface area contributed by atoms with E-state index in [0.717, 1.165) is 0 Å². The van der Waals surface area contributed by atoms with Crippen LogP contribution in [-0.2, 0) is 30.3 Å². The molecular weight excluding hydrogens is 724 g/mol. The number of amides is 1. The molecule has 3 aliphatic rings. The fourth-order valence-corrected chi connectivity index (χ4v) is 7.61. The van der Waals surface area contributed by atoms with E-state index in [1.807, 2.05) is 18.7 Å². The molecule has 308 valence electrons. The molecule has 56 heavy (non-hydrogen) atoms. The fraction of sp³-hybridized carbons (Fsp3) is 0.548. The molecule has 9 atom stereocenters. The van der Waals surface area contributed by atoms with Gasteiger partial charge in [0.15, 0.2) is 5.75 Å². The zero-order valence-corrected chi connectivity index (χ0v) is 34.2. The number of nitrogens with zero attached hydrogens (tertiary/aromatic N) is 1. The normalized spacial score (nSPS) is 31.1. The molecule has 2 aromatic carbocycles. The Labute approximate surface area is 328 Å². The van der Waals surface area contributed by atoms with Crippen molar-refractivity contribution in [2.45, 2.75) is 106 Å². The van der Waals surface area contributed by atoms with Gasteiger partial charge >= 0.3 is 11.8 Å². The van der Waals surface area contributed by atoms with Gasteiger partial charge in [-0.2, -0.15) is 0 Å². The van der Waals surface area contributed by atoms with Crippen LogP contribution in [0.2, 0.25) is 0 Å². The van der Waals surface area contributed by atoms with Gasteiger partial charge in [0.25, 0.3) is 11.7 Å². The SMILES string of the molecule is CCN(CC)Cc1c2c(O)c3c(O)c(C)c4c(c3c1O)C(=O)C(C)(O/C=C/C(OC)C(C)C(OC(C)=O)C(C)C(O)C(C)C(O)C(C)/C=C/C=C(\C)C(=O)N2)O4. The largest absolute Gasteiger partial charge is 0.507 e. The summed E-state index contributed by atoms with van der Waals surface area (Å²) < 4.78 is 23.6. The number of phenolic OH excluding ortho intramolecular Hbond substituents is 3. The first kappa shape index (κ1) is 44.1. The molecule has 14 nitrogen and oxygen atoms in total. The summed E-state index contributed by atoms with van der Waals surface area (Å²) in [4.78, 5) is 42.3. The molecule has 1 amide bonds. The van der Waals surface area contributed by atoms with Crippen LogP contribution in [-0.4, -0.2) is 98.5 Å². The molecule has 9 unspecified atom stereocenters. The second kappa shape index (κ2) is 17.7. The van der Waals surface area contributed by atoms with Crippen molar-refractivity contribution in [3.8, 4) is 23.0 Å². The number of aliphatic hydroxyl groups is 2. The number of ether oxygens (including phenoxy) is 4. The summed E-state index contributed by atoms with van der Waals surface area (Å²) in [5, 5.41) is 60.5. The van der Waals surface area contributed by atoms with Crippen LogP contribution in [0.25, 0.3) is 10.8 Å². The van der Waals surface area contributed by atoms with Gasteiger partial charge in [0.2, 0.25) is 0 Å². The lowest BCUT2D eigenvalue weighted by Crippen LogP contribution is -2.46. The van der Waals surface area contributed by atoms with Crippen LogP contribution < -0.4 is 10.1 Å². The minimum Gasteiger partial charge on any atom is -0.507 e. The Morgan fingerprint density at radius 2 is 1.57 bits per heavy atom. The van der Waals surface area contributed by atoms with Gasteiger partial charge in [-0.3, -0.25) is 19.3 Å². The maximum atomic E-state index is 14.4. The van der Waals surface area contributed by atoms with E-state index in [9.17, 15) is 39.9 Å². The second-order valence-electron chi connectivity index (χ2n) is 15.1. The number of phenols is 3. The number of Topliss-reactive ketones (excluding diaryl/α,β-unsaturated/α-hetero) is 1. The van der Waals surface area contributed by atoms with Crippen LogP contribution in [0.5, 0.6) is 23.0 Å². The molecule has 2 aromatic rings. The third-order valence-electron chi connectivity index (χ3n) is 11.4. The first-order valence-electron chi connectivity index (χ1n) is 19.0. The van der Waals surface area contributed by atoms with Crippen molar-refractivity contribution in [1.29, 1.82) is 0 Å². The Kier molecular flexibility index (Phi) is 13.9. The molecule has 5 bridgehead atoms. The highest BCUT2D eigenvalue weighted by molar-refractivity contribution is 6.22. The number of allylic oxidation sites excluding steroid dienone is 2. The topological polar surface area (TPSA) is 205 Å². The summed E-state index contributed by atoms with van der Waals surface area (Å²) >= 11 is 0. The van der Waals surface area contributed by atoms with E-state index < -0.39 is 88.8 Å². The second-order valence-corrected chi connectivity index (χ2v) is 15.1. The lowest BCUT2D eigenvalue weighted by molar-refractivity contribution is -0.160. The molecular formula is C42H58N2O12. The predicted molar refractivity (Wildman–Crippen MR) is 210 cm³/mol. The fourth-order valence-electron chi connectivity index (χ4n) is 7.61. The number of esters is 1. The molecule has 0 saturated carbocycles. The lowest BCUT2D eigenvalue weighted by atomic mass is 9.78. The Hall–Kier alpha value is -4.63. The number of nitrogens with one attached hydrogen (secondary N) is 1. The summed E-state index contributed by atoms with van der Waals surface area (Å²) in [7, 11) is 1.44. The smallest absolute Gasteiger partial charge is 0.312 e. The molecule has 5 rings (SSSR count). The van der Waals surface area contributed by atoms with E-state index in [2.05, 4.69) is 5.32 Å². The van der Waals surface area contributed by atoms with Crippen molar-refractivity contribution >= 4 is 34.1 Å². The van der Waals surface area contributed by atoms with Crippen molar-refractivity contribution in [2.24, 2.45) is 23.7 Å². The number of anilines is 1. The van der Waals surface area contributed by atoms with Gasteiger partial charge in [0.1, 0.15) is 23.4 Å². The number of ketones is 1. The third kappa shape index (κ3) is 8.38. The van der Waals surface area contributed by atoms with Crippen LogP contribution in [0.4, 0.5) is 5.69 Å². The molecule has 3 heterocycles. The van der Waals surface area contributed by atoms with E-state index in [-0.39, 0.29) is 51.0 Å². The summed E-state index contributed by atoms with van der Waals surface area (Å²) in [6.45, 7) is 17.6. The quantitative estimate of drug-likeness (QED) is 0.120. The maximum Gasteiger partial charge on any atom is 0.312 e. The number of hydrogen-bond donors (Lipinski definition) is 6. The van der Waals surface area contributed by atoms with Crippen molar-refractivity contribution in [3.63, 3.8) is 0 Å². The molecule has 0 aromatic heterocycles. The van der Waals surface area contributed by atoms with Gasteiger partial charge in [-0.15, -0.1) is 0 Å². The summed E-state index contributed by atoms with van der Waals surface area (Å²) in [5.74, 6) is -7.91. The first-order chi connectivity index (χ1) is 26.3. The van der Waals surface area contributed by atoms with Crippen molar-refractivity contribution < 1.29 is 58.9 Å².